The summed E-state index contributed by atoms with van der Waals surface area (Å²) in [6, 6.07) is 2.76. The SMILES string of the molecule is C1CCC2NC3NC4CCCCC4NC3NC2C1. The predicted octanol–water partition coefficient (Wildman–Crippen LogP) is 0.647. The van der Waals surface area contributed by atoms with Crippen molar-refractivity contribution in [3.8, 4) is 0 Å². The number of rotatable bonds is 0. The molecule has 4 unspecified atom stereocenters. The zero-order valence-corrected chi connectivity index (χ0v) is 11.1. The first-order valence-electron chi connectivity index (χ1n) is 7.94. The molecule has 18 heavy (non-hydrogen) atoms. The summed E-state index contributed by atoms with van der Waals surface area (Å²) in [6.45, 7) is 0. The molecule has 2 saturated carbocycles. The summed E-state index contributed by atoms with van der Waals surface area (Å²) in [5.74, 6) is 0. The van der Waals surface area contributed by atoms with Crippen LogP contribution in [0.3, 0.4) is 0 Å². The fourth-order valence-electron chi connectivity index (χ4n) is 4.46. The molecule has 0 aromatic carbocycles. The van der Waals surface area contributed by atoms with Gasteiger partial charge in [0.05, 0.1) is 12.3 Å². The molecule has 0 aromatic rings. The highest BCUT2D eigenvalue weighted by atomic mass is 15.4. The molecule has 0 radical (unpaired) electrons. The maximum atomic E-state index is 3.85. The van der Waals surface area contributed by atoms with E-state index < -0.39 is 0 Å². The standard InChI is InChI=1S/C14H26N4/c1-2-6-10-9(5-1)15-13-14(16-10)18-12-8-4-3-7-11(12)17-13/h9-18H,1-8H2. The smallest absolute Gasteiger partial charge is 0.0871 e. The van der Waals surface area contributed by atoms with Crippen LogP contribution in [0.5, 0.6) is 0 Å². The van der Waals surface area contributed by atoms with Crippen LogP contribution in [0.15, 0.2) is 0 Å². The fourth-order valence-corrected chi connectivity index (χ4v) is 4.46. The highest BCUT2D eigenvalue weighted by Crippen LogP contribution is 2.27. The van der Waals surface area contributed by atoms with Crippen molar-refractivity contribution >= 4 is 0 Å². The van der Waals surface area contributed by atoms with E-state index in [9.17, 15) is 0 Å². The molecular weight excluding hydrogens is 224 g/mol. The first-order valence-corrected chi connectivity index (χ1v) is 7.94. The Morgan fingerprint density at radius 1 is 0.444 bits per heavy atom. The minimum absolute atomic E-state index is 0.434. The molecule has 4 nitrogen and oxygen atoms in total. The van der Waals surface area contributed by atoms with Crippen LogP contribution in [0.4, 0.5) is 0 Å². The van der Waals surface area contributed by atoms with E-state index in [1.165, 1.54) is 51.4 Å². The monoisotopic (exact) mass is 250 g/mol. The molecule has 4 fully saturated rings. The van der Waals surface area contributed by atoms with Crippen LogP contribution >= 0.6 is 0 Å². The Kier molecular flexibility index (Phi) is 3.07. The van der Waals surface area contributed by atoms with Gasteiger partial charge in [0.1, 0.15) is 0 Å². The van der Waals surface area contributed by atoms with Gasteiger partial charge >= 0.3 is 0 Å². The van der Waals surface area contributed by atoms with Crippen molar-refractivity contribution in [2.24, 2.45) is 0 Å². The molecule has 4 rings (SSSR count). The van der Waals surface area contributed by atoms with E-state index in [0.29, 0.717) is 36.5 Å². The average molecular weight is 250 g/mol. The van der Waals surface area contributed by atoms with Crippen LogP contribution < -0.4 is 21.3 Å². The van der Waals surface area contributed by atoms with Gasteiger partial charge < -0.3 is 0 Å². The summed E-state index contributed by atoms with van der Waals surface area (Å²) in [4.78, 5) is 0. The summed E-state index contributed by atoms with van der Waals surface area (Å²) >= 11 is 0. The molecule has 0 spiro atoms. The molecule has 4 heteroatoms. The Morgan fingerprint density at radius 2 is 0.722 bits per heavy atom. The van der Waals surface area contributed by atoms with Crippen LogP contribution in [0.2, 0.25) is 0 Å². The maximum Gasteiger partial charge on any atom is 0.0871 e. The number of nitrogens with one attached hydrogen (secondary N) is 4. The molecule has 0 bridgehead atoms. The van der Waals surface area contributed by atoms with Gasteiger partial charge in [-0.05, 0) is 25.7 Å². The lowest BCUT2D eigenvalue weighted by Crippen LogP contribution is -2.80. The third-order valence-corrected chi connectivity index (χ3v) is 5.44. The van der Waals surface area contributed by atoms with E-state index in [1.54, 1.807) is 0 Å². The van der Waals surface area contributed by atoms with E-state index in [1.807, 2.05) is 0 Å². The maximum absolute atomic E-state index is 3.85. The van der Waals surface area contributed by atoms with E-state index in [-0.39, 0.29) is 0 Å². The van der Waals surface area contributed by atoms with E-state index in [4.69, 9.17) is 0 Å². The lowest BCUT2D eigenvalue weighted by Gasteiger charge is -2.53. The normalized spacial score (nSPS) is 52.0. The third-order valence-electron chi connectivity index (χ3n) is 5.44. The van der Waals surface area contributed by atoms with Gasteiger partial charge in [-0.1, -0.05) is 25.7 Å². The van der Waals surface area contributed by atoms with E-state index in [2.05, 4.69) is 21.3 Å². The molecule has 4 atom stereocenters. The quantitative estimate of drug-likeness (QED) is 0.510. The summed E-state index contributed by atoms with van der Waals surface area (Å²) in [5, 5.41) is 15.4. The highest BCUT2D eigenvalue weighted by Gasteiger charge is 2.43. The Balaban J connectivity index is 1.46. The average Bonchev–Trinajstić information content (AvgIpc) is 2.42. The molecule has 0 aromatic heterocycles. The molecule has 4 N–H and O–H groups in total. The van der Waals surface area contributed by atoms with Crippen LogP contribution in [-0.2, 0) is 0 Å². The number of fused-ring (bicyclic) bond motifs is 3. The van der Waals surface area contributed by atoms with Gasteiger partial charge in [0.15, 0.2) is 0 Å². The lowest BCUT2D eigenvalue weighted by molar-refractivity contribution is 0.0637. The predicted molar refractivity (Wildman–Crippen MR) is 72.2 cm³/mol. The Morgan fingerprint density at radius 3 is 1.00 bits per heavy atom. The second kappa shape index (κ2) is 4.75. The summed E-state index contributed by atoms with van der Waals surface area (Å²) < 4.78 is 0. The van der Waals surface area contributed by atoms with Gasteiger partial charge in [0, 0.05) is 24.2 Å². The van der Waals surface area contributed by atoms with Crippen molar-refractivity contribution in [2.75, 3.05) is 0 Å². The van der Waals surface area contributed by atoms with Crippen LogP contribution in [-0.4, -0.2) is 36.5 Å². The summed E-state index contributed by atoms with van der Waals surface area (Å²) in [7, 11) is 0. The molecule has 0 amide bonds. The zero-order valence-electron chi connectivity index (χ0n) is 11.1. The van der Waals surface area contributed by atoms with Gasteiger partial charge in [0.25, 0.3) is 0 Å². The summed E-state index contributed by atoms with van der Waals surface area (Å²) in [6.07, 6.45) is 11.8. The van der Waals surface area contributed by atoms with Gasteiger partial charge in [-0.3, -0.25) is 21.3 Å². The first kappa shape index (κ1) is 11.6. The minimum atomic E-state index is 0.434. The van der Waals surface area contributed by atoms with Gasteiger partial charge in [-0.2, -0.15) is 0 Å². The van der Waals surface area contributed by atoms with Crippen molar-refractivity contribution in [1.29, 1.82) is 0 Å². The van der Waals surface area contributed by atoms with Gasteiger partial charge in [-0.15, -0.1) is 0 Å². The van der Waals surface area contributed by atoms with Crippen molar-refractivity contribution in [3.05, 3.63) is 0 Å². The number of hydrogen-bond acceptors (Lipinski definition) is 4. The van der Waals surface area contributed by atoms with Crippen molar-refractivity contribution in [1.82, 2.24) is 21.3 Å². The molecule has 102 valence electrons. The summed E-state index contributed by atoms with van der Waals surface area (Å²) in [5.41, 5.74) is 0. The van der Waals surface area contributed by atoms with Gasteiger partial charge in [0.2, 0.25) is 0 Å². The highest BCUT2D eigenvalue weighted by molar-refractivity contribution is 5.04. The molecule has 2 aliphatic carbocycles. The van der Waals surface area contributed by atoms with Crippen molar-refractivity contribution in [2.45, 2.75) is 87.9 Å². The van der Waals surface area contributed by atoms with Crippen LogP contribution in [0.1, 0.15) is 51.4 Å². The molecular formula is C14H26N4. The van der Waals surface area contributed by atoms with E-state index >= 15 is 0 Å². The number of piperazine rings is 2. The fraction of sp³-hybridized carbons (Fsp3) is 1.00. The van der Waals surface area contributed by atoms with E-state index in [0.717, 1.165) is 0 Å². The second-order valence-electron chi connectivity index (χ2n) is 6.62. The molecule has 2 aliphatic heterocycles. The Bertz CT molecular complexity index is 250. The number of hydrogen-bond donors (Lipinski definition) is 4. The van der Waals surface area contributed by atoms with Crippen LogP contribution in [0.25, 0.3) is 0 Å². The molecule has 2 heterocycles. The first-order chi connectivity index (χ1) is 8.90. The zero-order chi connectivity index (χ0) is 11.9. The Hall–Kier alpha value is -0.160. The van der Waals surface area contributed by atoms with Crippen LogP contribution in [0, 0.1) is 0 Å². The van der Waals surface area contributed by atoms with Gasteiger partial charge in [-0.25, -0.2) is 0 Å². The molecule has 2 saturated heterocycles. The topological polar surface area (TPSA) is 48.1 Å². The lowest BCUT2D eigenvalue weighted by atomic mass is 9.84. The van der Waals surface area contributed by atoms with Crippen molar-refractivity contribution in [3.63, 3.8) is 0 Å². The Labute approximate surface area is 110 Å². The largest absolute Gasteiger partial charge is 0.295 e. The molecule has 4 aliphatic rings. The minimum Gasteiger partial charge on any atom is -0.295 e. The van der Waals surface area contributed by atoms with Crippen molar-refractivity contribution < 1.29 is 0 Å². The third kappa shape index (κ3) is 1.99. The second-order valence-corrected chi connectivity index (χ2v) is 6.62.